The molecule has 3 aromatic carbocycles. The van der Waals surface area contributed by atoms with E-state index in [0.717, 1.165) is 16.7 Å². The van der Waals surface area contributed by atoms with Gasteiger partial charge in [0.15, 0.2) is 0 Å². The molecule has 0 aromatic heterocycles. The molecule has 160 valence electrons. The van der Waals surface area contributed by atoms with Crippen LogP contribution in [0.2, 0.25) is 10.0 Å². The van der Waals surface area contributed by atoms with Gasteiger partial charge in [-0.25, -0.2) is 0 Å². The second-order valence-corrected chi connectivity index (χ2v) is 8.15. The monoisotopic (exact) mass is 454 g/mol. The van der Waals surface area contributed by atoms with E-state index in [2.05, 4.69) is 5.32 Å². The van der Waals surface area contributed by atoms with Gasteiger partial charge in [-0.2, -0.15) is 0 Å². The Morgan fingerprint density at radius 3 is 2.16 bits per heavy atom. The predicted octanol–water partition coefficient (Wildman–Crippen LogP) is 4.92. The van der Waals surface area contributed by atoms with Crippen molar-refractivity contribution in [3.8, 4) is 0 Å². The molecular formula is C25H24Cl2N2O2. The third-order valence-corrected chi connectivity index (χ3v) is 5.52. The maximum absolute atomic E-state index is 13.4. The quantitative estimate of drug-likeness (QED) is 0.524. The molecule has 0 aliphatic rings. The van der Waals surface area contributed by atoms with Gasteiger partial charge in [0.2, 0.25) is 11.8 Å². The lowest BCUT2D eigenvalue weighted by molar-refractivity contribution is -0.140. The number of likely N-dealkylation sites (N-methyl/N-ethyl adjacent to an activating group) is 1. The minimum atomic E-state index is -0.658. The summed E-state index contributed by atoms with van der Waals surface area (Å²) in [5.41, 5.74) is 2.67. The number of nitrogens with zero attached hydrogens (tertiary/aromatic N) is 1. The molecule has 0 aliphatic carbocycles. The Hall–Kier alpha value is -2.82. The molecule has 6 heteroatoms. The maximum Gasteiger partial charge on any atom is 0.242 e. The first-order valence-corrected chi connectivity index (χ1v) is 10.8. The molecule has 0 saturated carbocycles. The molecule has 31 heavy (non-hydrogen) atoms. The fourth-order valence-corrected chi connectivity index (χ4v) is 3.77. The van der Waals surface area contributed by atoms with E-state index in [1.54, 1.807) is 36.2 Å². The average Bonchev–Trinajstić information content (AvgIpc) is 2.77. The molecule has 0 unspecified atom stereocenters. The largest absolute Gasteiger partial charge is 0.357 e. The van der Waals surface area contributed by atoms with Gasteiger partial charge in [-0.05, 0) is 41.0 Å². The molecule has 1 N–H and O–H groups in total. The second kappa shape index (κ2) is 11.0. The Labute approximate surface area is 192 Å². The Balaban J connectivity index is 1.93. The number of hydrogen-bond acceptors (Lipinski definition) is 2. The van der Waals surface area contributed by atoms with Crippen molar-refractivity contribution in [1.29, 1.82) is 0 Å². The number of nitrogens with one attached hydrogen (secondary N) is 1. The van der Waals surface area contributed by atoms with Crippen LogP contribution in [0.5, 0.6) is 0 Å². The van der Waals surface area contributed by atoms with Gasteiger partial charge in [0, 0.05) is 30.1 Å². The van der Waals surface area contributed by atoms with Crippen molar-refractivity contribution in [1.82, 2.24) is 10.2 Å². The van der Waals surface area contributed by atoms with Gasteiger partial charge in [0.05, 0.1) is 6.42 Å². The number of benzene rings is 3. The SMILES string of the molecule is CNC(=O)[C@@H](Cc1ccccc1)N(Cc1ccc(Cl)cc1)C(=O)Cc1cccc(Cl)c1. The summed E-state index contributed by atoms with van der Waals surface area (Å²) in [7, 11) is 1.59. The molecule has 1 atom stereocenters. The summed E-state index contributed by atoms with van der Waals surface area (Å²) in [6.45, 7) is 0.293. The highest BCUT2D eigenvalue weighted by molar-refractivity contribution is 6.30. The van der Waals surface area contributed by atoms with Crippen LogP contribution in [-0.2, 0) is 29.0 Å². The van der Waals surface area contributed by atoms with Crippen LogP contribution < -0.4 is 5.32 Å². The normalized spacial score (nSPS) is 11.6. The van der Waals surface area contributed by atoms with Crippen LogP contribution in [0.3, 0.4) is 0 Å². The minimum Gasteiger partial charge on any atom is -0.357 e. The van der Waals surface area contributed by atoms with Gasteiger partial charge in [-0.1, -0.05) is 77.8 Å². The number of halogens is 2. The Morgan fingerprint density at radius 2 is 1.52 bits per heavy atom. The van der Waals surface area contributed by atoms with E-state index < -0.39 is 6.04 Å². The summed E-state index contributed by atoms with van der Waals surface area (Å²) in [4.78, 5) is 27.9. The van der Waals surface area contributed by atoms with Crippen LogP contribution in [0.25, 0.3) is 0 Å². The van der Waals surface area contributed by atoms with Crippen molar-refractivity contribution in [2.24, 2.45) is 0 Å². The van der Waals surface area contributed by atoms with E-state index in [1.807, 2.05) is 54.6 Å². The molecule has 0 spiro atoms. The first-order chi connectivity index (χ1) is 15.0. The molecule has 0 bridgehead atoms. The summed E-state index contributed by atoms with van der Waals surface area (Å²) in [5.74, 6) is -0.362. The lowest BCUT2D eigenvalue weighted by atomic mass is 10.0. The highest BCUT2D eigenvalue weighted by Gasteiger charge is 2.29. The standard InChI is InChI=1S/C25H24Cl2N2O2/c1-28-25(31)23(15-18-6-3-2-4-7-18)29(17-19-10-12-21(26)13-11-19)24(30)16-20-8-5-9-22(27)14-20/h2-14,23H,15-17H2,1H3,(H,28,31)/t23-/m1/s1. The van der Waals surface area contributed by atoms with Gasteiger partial charge in [-0.3, -0.25) is 9.59 Å². The number of rotatable bonds is 8. The molecule has 0 heterocycles. The summed E-state index contributed by atoms with van der Waals surface area (Å²) >= 11 is 12.1. The first-order valence-electron chi connectivity index (χ1n) is 10.00. The van der Waals surface area contributed by atoms with Gasteiger partial charge in [-0.15, -0.1) is 0 Å². The van der Waals surface area contributed by atoms with E-state index >= 15 is 0 Å². The topological polar surface area (TPSA) is 49.4 Å². The summed E-state index contributed by atoms with van der Waals surface area (Å²) in [6, 6.07) is 23.5. The van der Waals surface area contributed by atoms with E-state index in [1.165, 1.54) is 0 Å². The fraction of sp³-hybridized carbons (Fsp3) is 0.200. The molecule has 0 radical (unpaired) electrons. The lowest BCUT2D eigenvalue weighted by Gasteiger charge is -2.31. The van der Waals surface area contributed by atoms with Crippen LogP contribution >= 0.6 is 23.2 Å². The van der Waals surface area contributed by atoms with Gasteiger partial charge < -0.3 is 10.2 Å². The van der Waals surface area contributed by atoms with Crippen molar-refractivity contribution in [3.63, 3.8) is 0 Å². The van der Waals surface area contributed by atoms with E-state index in [-0.39, 0.29) is 18.2 Å². The van der Waals surface area contributed by atoms with Gasteiger partial charge in [0.1, 0.15) is 6.04 Å². The fourth-order valence-electron chi connectivity index (χ4n) is 3.43. The maximum atomic E-state index is 13.4. The number of carbonyl (C=O) groups is 2. The highest BCUT2D eigenvalue weighted by atomic mass is 35.5. The zero-order valence-electron chi connectivity index (χ0n) is 17.2. The summed E-state index contributed by atoms with van der Waals surface area (Å²) in [5, 5.41) is 3.90. The van der Waals surface area contributed by atoms with Crippen LogP contribution in [0.1, 0.15) is 16.7 Å². The van der Waals surface area contributed by atoms with Gasteiger partial charge in [0.25, 0.3) is 0 Å². The third kappa shape index (κ3) is 6.58. The molecule has 3 rings (SSSR count). The predicted molar refractivity (Wildman–Crippen MR) is 125 cm³/mol. The molecule has 3 aromatic rings. The molecule has 4 nitrogen and oxygen atoms in total. The first kappa shape index (κ1) is 22.9. The Kier molecular flexibility index (Phi) is 8.10. The van der Waals surface area contributed by atoms with Crippen LogP contribution in [-0.4, -0.2) is 29.8 Å². The summed E-state index contributed by atoms with van der Waals surface area (Å²) in [6.07, 6.45) is 0.561. The number of hydrogen-bond donors (Lipinski definition) is 1. The number of carbonyl (C=O) groups excluding carboxylic acids is 2. The summed E-state index contributed by atoms with van der Waals surface area (Å²) < 4.78 is 0. The third-order valence-electron chi connectivity index (χ3n) is 5.03. The van der Waals surface area contributed by atoms with E-state index in [4.69, 9.17) is 23.2 Å². The Bertz CT molecular complexity index is 1020. The van der Waals surface area contributed by atoms with Crippen molar-refractivity contribution in [2.45, 2.75) is 25.4 Å². The second-order valence-electron chi connectivity index (χ2n) is 7.27. The van der Waals surface area contributed by atoms with Crippen molar-refractivity contribution in [3.05, 3.63) is 106 Å². The van der Waals surface area contributed by atoms with Crippen molar-refractivity contribution < 1.29 is 9.59 Å². The molecular weight excluding hydrogens is 431 g/mol. The zero-order valence-corrected chi connectivity index (χ0v) is 18.7. The molecule has 2 amide bonds. The van der Waals surface area contributed by atoms with Crippen LogP contribution in [0.15, 0.2) is 78.9 Å². The van der Waals surface area contributed by atoms with Gasteiger partial charge >= 0.3 is 0 Å². The van der Waals surface area contributed by atoms with E-state index in [0.29, 0.717) is 23.0 Å². The lowest BCUT2D eigenvalue weighted by Crippen LogP contribution is -2.50. The average molecular weight is 455 g/mol. The van der Waals surface area contributed by atoms with Crippen molar-refractivity contribution >= 4 is 35.0 Å². The molecule has 0 saturated heterocycles. The Morgan fingerprint density at radius 1 is 0.839 bits per heavy atom. The molecule has 0 aliphatic heterocycles. The van der Waals surface area contributed by atoms with Crippen LogP contribution in [0.4, 0.5) is 0 Å². The zero-order chi connectivity index (χ0) is 22.2. The smallest absolute Gasteiger partial charge is 0.242 e. The van der Waals surface area contributed by atoms with Crippen LogP contribution in [0, 0.1) is 0 Å². The van der Waals surface area contributed by atoms with Crippen molar-refractivity contribution in [2.75, 3.05) is 7.05 Å². The molecule has 0 fully saturated rings. The number of amides is 2. The minimum absolute atomic E-state index is 0.149. The van der Waals surface area contributed by atoms with E-state index in [9.17, 15) is 9.59 Å². The highest BCUT2D eigenvalue weighted by Crippen LogP contribution is 2.19.